The number of piperidine rings is 1. The molecule has 26 heavy (non-hydrogen) atoms. The third kappa shape index (κ3) is 2.75. The minimum atomic E-state index is 0.174. The van der Waals surface area contributed by atoms with E-state index in [-0.39, 0.29) is 5.41 Å². The fraction of sp³-hybridized carbons (Fsp3) is 0.476. The Morgan fingerprint density at radius 1 is 1.15 bits per heavy atom. The number of nitrogens with zero attached hydrogens (tertiary/aromatic N) is 5. The fourth-order valence-electron chi connectivity index (χ4n) is 4.25. The molecule has 1 saturated heterocycles. The van der Waals surface area contributed by atoms with Crippen LogP contribution in [0.25, 0.3) is 5.65 Å². The highest BCUT2D eigenvalue weighted by molar-refractivity contribution is 5.65. The average Bonchev–Trinajstić information content (AvgIpc) is 3.37. The Hall–Kier alpha value is -2.43. The minimum absolute atomic E-state index is 0.174. The van der Waals surface area contributed by atoms with Gasteiger partial charge >= 0.3 is 0 Å². The first-order valence-corrected chi connectivity index (χ1v) is 9.71. The second kappa shape index (κ2) is 6.08. The predicted molar refractivity (Wildman–Crippen MR) is 102 cm³/mol. The van der Waals surface area contributed by atoms with Crippen molar-refractivity contribution in [2.24, 2.45) is 5.92 Å². The van der Waals surface area contributed by atoms with Crippen LogP contribution < -0.4 is 4.90 Å². The van der Waals surface area contributed by atoms with Gasteiger partial charge in [0.25, 0.3) is 0 Å². The van der Waals surface area contributed by atoms with E-state index in [4.69, 9.17) is 0 Å². The Labute approximate surface area is 154 Å². The first-order valence-electron chi connectivity index (χ1n) is 9.71. The molecular formula is C21H25N5. The summed E-state index contributed by atoms with van der Waals surface area (Å²) in [5.74, 6) is 0.834. The summed E-state index contributed by atoms with van der Waals surface area (Å²) in [6.07, 6.45) is 11.9. The van der Waals surface area contributed by atoms with E-state index in [0.29, 0.717) is 0 Å². The van der Waals surface area contributed by atoms with E-state index in [1.165, 1.54) is 29.8 Å². The Morgan fingerprint density at radius 2 is 2.00 bits per heavy atom. The maximum atomic E-state index is 4.63. The minimum Gasteiger partial charge on any atom is -0.371 e. The third-order valence-corrected chi connectivity index (χ3v) is 6.23. The van der Waals surface area contributed by atoms with Crippen molar-refractivity contribution < 1.29 is 0 Å². The van der Waals surface area contributed by atoms with Crippen molar-refractivity contribution in [1.29, 1.82) is 0 Å². The molecule has 1 aliphatic carbocycles. The summed E-state index contributed by atoms with van der Waals surface area (Å²) in [5.41, 5.74) is 5.18. The van der Waals surface area contributed by atoms with Crippen molar-refractivity contribution >= 4 is 11.3 Å². The molecule has 3 aromatic rings. The van der Waals surface area contributed by atoms with Crippen LogP contribution in [0.5, 0.6) is 0 Å². The van der Waals surface area contributed by atoms with E-state index in [1.807, 2.05) is 18.6 Å². The number of anilines is 1. The molecule has 0 atom stereocenters. The lowest BCUT2D eigenvalue weighted by molar-refractivity contribution is 0.353. The standard InChI is InChI=1S/C21H25N5/c1-21(19-4-2-3-10-22-19)8-12-25(13-9-21)18-7-11-26-15-23-24-20(26)17(18)14-16-5-6-16/h2-4,7,10-11,15-16H,5-6,8-9,12-14H2,1H3. The number of hydrogen-bond acceptors (Lipinski definition) is 4. The molecule has 2 fully saturated rings. The van der Waals surface area contributed by atoms with E-state index < -0.39 is 0 Å². The molecule has 2 aliphatic rings. The molecule has 0 aromatic carbocycles. The molecule has 0 N–H and O–H groups in total. The van der Waals surface area contributed by atoms with E-state index >= 15 is 0 Å². The molecule has 0 bridgehead atoms. The summed E-state index contributed by atoms with van der Waals surface area (Å²) < 4.78 is 2.06. The van der Waals surface area contributed by atoms with Gasteiger partial charge in [0.05, 0.1) is 0 Å². The number of rotatable bonds is 4. The van der Waals surface area contributed by atoms with Crippen LogP contribution in [0.2, 0.25) is 0 Å². The number of hydrogen-bond donors (Lipinski definition) is 0. The Bertz CT molecular complexity index is 905. The molecule has 4 heterocycles. The van der Waals surface area contributed by atoms with Gasteiger partial charge in [0, 0.05) is 47.8 Å². The van der Waals surface area contributed by atoms with Gasteiger partial charge in [-0.25, -0.2) is 0 Å². The number of pyridine rings is 2. The van der Waals surface area contributed by atoms with Crippen LogP contribution in [0, 0.1) is 5.92 Å². The van der Waals surface area contributed by atoms with Crippen molar-refractivity contribution in [3.8, 4) is 0 Å². The van der Waals surface area contributed by atoms with Crippen molar-refractivity contribution in [2.75, 3.05) is 18.0 Å². The van der Waals surface area contributed by atoms with Gasteiger partial charge in [-0.05, 0) is 56.2 Å². The molecule has 3 aromatic heterocycles. The molecule has 5 rings (SSSR count). The van der Waals surface area contributed by atoms with Gasteiger partial charge in [-0.15, -0.1) is 10.2 Å². The number of aromatic nitrogens is 4. The molecule has 0 radical (unpaired) electrons. The summed E-state index contributed by atoms with van der Waals surface area (Å²) in [7, 11) is 0. The van der Waals surface area contributed by atoms with Crippen LogP contribution in [-0.4, -0.2) is 32.7 Å². The summed E-state index contributed by atoms with van der Waals surface area (Å²) in [4.78, 5) is 7.18. The molecule has 0 spiro atoms. The summed E-state index contributed by atoms with van der Waals surface area (Å²) in [6, 6.07) is 8.54. The van der Waals surface area contributed by atoms with Crippen LogP contribution in [0.15, 0.2) is 43.0 Å². The van der Waals surface area contributed by atoms with Crippen LogP contribution >= 0.6 is 0 Å². The Kier molecular flexibility index (Phi) is 3.69. The quantitative estimate of drug-likeness (QED) is 0.723. The molecule has 1 aliphatic heterocycles. The largest absolute Gasteiger partial charge is 0.371 e. The van der Waals surface area contributed by atoms with Crippen LogP contribution in [0.4, 0.5) is 5.69 Å². The third-order valence-electron chi connectivity index (χ3n) is 6.23. The molecule has 5 nitrogen and oxygen atoms in total. The predicted octanol–water partition coefficient (Wildman–Crippen LogP) is 3.63. The Balaban J connectivity index is 1.43. The lowest BCUT2D eigenvalue weighted by Gasteiger charge is -2.40. The SMILES string of the molecule is CC1(c2ccccn2)CCN(c2ccn3cnnc3c2CC2CC2)CC1. The number of fused-ring (bicyclic) bond motifs is 1. The Morgan fingerprint density at radius 3 is 2.73 bits per heavy atom. The molecule has 5 heteroatoms. The summed E-state index contributed by atoms with van der Waals surface area (Å²) in [5, 5.41) is 8.53. The normalized spacial score (nSPS) is 19.8. The van der Waals surface area contributed by atoms with Crippen molar-refractivity contribution in [3.63, 3.8) is 0 Å². The lowest BCUT2D eigenvalue weighted by atomic mass is 9.77. The van der Waals surface area contributed by atoms with E-state index in [0.717, 1.165) is 43.9 Å². The molecule has 0 unspecified atom stereocenters. The van der Waals surface area contributed by atoms with Crippen LogP contribution in [0.1, 0.15) is 43.9 Å². The van der Waals surface area contributed by atoms with Gasteiger partial charge in [0.1, 0.15) is 6.33 Å². The lowest BCUT2D eigenvalue weighted by Crippen LogP contribution is -2.41. The highest BCUT2D eigenvalue weighted by atomic mass is 15.2. The van der Waals surface area contributed by atoms with Gasteiger partial charge in [0.2, 0.25) is 0 Å². The monoisotopic (exact) mass is 347 g/mol. The second-order valence-corrected chi connectivity index (χ2v) is 8.15. The van der Waals surface area contributed by atoms with Crippen LogP contribution in [0.3, 0.4) is 0 Å². The summed E-state index contributed by atoms with van der Waals surface area (Å²) >= 11 is 0. The van der Waals surface area contributed by atoms with Gasteiger partial charge in [-0.2, -0.15) is 0 Å². The zero-order valence-electron chi connectivity index (χ0n) is 15.3. The average molecular weight is 347 g/mol. The summed E-state index contributed by atoms with van der Waals surface area (Å²) in [6.45, 7) is 4.49. The maximum Gasteiger partial charge on any atom is 0.165 e. The van der Waals surface area contributed by atoms with E-state index in [1.54, 1.807) is 0 Å². The van der Waals surface area contributed by atoms with Crippen molar-refractivity contribution in [2.45, 2.75) is 44.4 Å². The first kappa shape index (κ1) is 15.8. The van der Waals surface area contributed by atoms with Crippen LogP contribution in [-0.2, 0) is 11.8 Å². The van der Waals surface area contributed by atoms with Gasteiger partial charge in [0.15, 0.2) is 5.65 Å². The molecular weight excluding hydrogens is 322 g/mol. The van der Waals surface area contributed by atoms with Gasteiger partial charge in [-0.1, -0.05) is 13.0 Å². The first-order chi connectivity index (χ1) is 12.7. The molecule has 1 saturated carbocycles. The molecule has 0 amide bonds. The van der Waals surface area contributed by atoms with Crippen molar-refractivity contribution in [1.82, 2.24) is 19.6 Å². The van der Waals surface area contributed by atoms with E-state index in [9.17, 15) is 0 Å². The van der Waals surface area contributed by atoms with E-state index in [2.05, 4.69) is 55.8 Å². The fourth-order valence-corrected chi connectivity index (χ4v) is 4.25. The zero-order chi connectivity index (χ0) is 17.6. The zero-order valence-corrected chi connectivity index (χ0v) is 15.3. The van der Waals surface area contributed by atoms with Gasteiger partial charge in [-0.3, -0.25) is 9.38 Å². The topological polar surface area (TPSA) is 46.3 Å². The highest BCUT2D eigenvalue weighted by Gasteiger charge is 2.34. The van der Waals surface area contributed by atoms with Crippen molar-refractivity contribution in [3.05, 3.63) is 54.2 Å². The second-order valence-electron chi connectivity index (χ2n) is 8.15. The van der Waals surface area contributed by atoms with Gasteiger partial charge < -0.3 is 4.90 Å². The smallest absolute Gasteiger partial charge is 0.165 e. The maximum absolute atomic E-state index is 4.63. The molecule has 134 valence electrons. The highest BCUT2D eigenvalue weighted by Crippen LogP contribution is 2.40.